The van der Waals surface area contributed by atoms with E-state index in [-0.39, 0.29) is 12.5 Å². The molecule has 3 rings (SSSR count). The minimum absolute atomic E-state index is 0.0859. The molecule has 0 spiro atoms. The van der Waals surface area contributed by atoms with Gasteiger partial charge in [-0.25, -0.2) is 13.9 Å². The largest absolute Gasteiger partial charge is 0.459 e. The van der Waals surface area contributed by atoms with Crippen molar-refractivity contribution >= 4 is 5.97 Å². The summed E-state index contributed by atoms with van der Waals surface area (Å²) in [5, 5.41) is 11.4. The van der Waals surface area contributed by atoms with E-state index in [4.69, 9.17) is 4.74 Å². The van der Waals surface area contributed by atoms with Gasteiger partial charge in [-0.1, -0.05) is 49.6 Å². The molecule has 1 aromatic heterocycles. The third-order valence-electron chi connectivity index (χ3n) is 5.68. The van der Waals surface area contributed by atoms with Gasteiger partial charge in [0.2, 0.25) is 0 Å². The van der Waals surface area contributed by atoms with Gasteiger partial charge >= 0.3 is 5.97 Å². The maximum absolute atomic E-state index is 13.0. The second-order valence-corrected chi connectivity index (χ2v) is 7.25. The Morgan fingerprint density at radius 1 is 1.27 bits per heavy atom. The summed E-state index contributed by atoms with van der Waals surface area (Å²) >= 11 is 0. The standard InChI is InChI=1S/C21H29N2O3/c1-17-22(2)13-14-23(17)15-16-26-20(24)21(25,18-9-5-3-6-10-18)19-11-7-4-8-12-19/h3,5-6,9-10,13-14,19,25H,4,7-8,11-12,15-16H2,1-2H3/q+1. The molecule has 0 bridgehead atoms. The molecule has 0 aliphatic heterocycles. The van der Waals surface area contributed by atoms with Crippen LogP contribution in [0.2, 0.25) is 0 Å². The minimum Gasteiger partial charge on any atom is -0.459 e. The first-order chi connectivity index (χ1) is 12.5. The van der Waals surface area contributed by atoms with Crippen molar-refractivity contribution in [3.63, 3.8) is 0 Å². The van der Waals surface area contributed by atoms with Crippen molar-refractivity contribution < 1.29 is 19.2 Å². The quantitative estimate of drug-likeness (QED) is 0.639. The lowest BCUT2D eigenvalue weighted by Gasteiger charge is -2.36. The van der Waals surface area contributed by atoms with E-state index in [1.54, 1.807) is 0 Å². The van der Waals surface area contributed by atoms with Gasteiger partial charge in [0.15, 0.2) is 5.60 Å². The van der Waals surface area contributed by atoms with Gasteiger partial charge in [0, 0.05) is 12.8 Å². The Morgan fingerprint density at radius 3 is 2.58 bits per heavy atom. The molecule has 5 heteroatoms. The predicted octanol–water partition coefficient (Wildman–Crippen LogP) is 2.63. The lowest BCUT2D eigenvalue weighted by Crippen LogP contribution is -2.45. The van der Waals surface area contributed by atoms with Crippen LogP contribution >= 0.6 is 0 Å². The van der Waals surface area contributed by atoms with E-state index in [2.05, 4.69) is 0 Å². The average Bonchev–Trinajstić information content (AvgIpc) is 3.01. The van der Waals surface area contributed by atoms with E-state index >= 15 is 0 Å². The molecule has 1 heterocycles. The Hall–Kier alpha value is -2.14. The predicted molar refractivity (Wildman–Crippen MR) is 98.2 cm³/mol. The summed E-state index contributed by atoms with van der Waals surface area (Å²) < 4.78 is 9.62. The fourth-order valence-electron chi connectivity index (χ4n) is 3.91. The van der Waals surface area contributed by atoms with Gasteiger partial charge in [0.1, 0.15) is 25.5 Å². The number of aryl methyl sites for hydroxylation is 1. The van der Waals surface area contributed by atoms with E-state index in [9.17, 15) is 9.90 Å². The first-order valence-electron chi connectivity index (χ1n) is 9.50. The molecule has 1 atom stereocenters. The number of benzene rings is 1. The Bertz CT molecular complexity index is 735. The maximum atomic E-state index is 13.0. The zero-order chi connectivity index (χ0) is 18.6. The van der Waals surface area contributed by atoms with Gasteiger partial charge in [0.05, 0.1) is 7.05 Å². The topological polar surface area (TPSA) is 55.3 Å². The normalized spacial score (nSPS) is 17.7. The molecule has 26 heavy (non-hydrogen) atoms. The number of carbonyl (C=O) groups is 1. The van der Waals surface area contributed by atoms with Gasteiger partial charge in [-0.15, -0.1) is 0 Å². The molecule has 140 valence electrons. The van der Waals surface area contributed by atoms with Gasteiger partial charge in [-0.05, 0) is 18.4 Å². The molecule has 0 saturated heterocycles. The number of carbonyl (C=O) groups excluding carboxylic acids is 1. The lowest BCUT2D eigenvalue weighted by atomic mass is 9.73. The molecule has 2 aromatic rings. The summed E-state index contributed by atoms with van der Waals surface area (Å²) in [6.45, 7) is 2.84. The lowest BCUT2D eigenvalue weighted by molar-refractivity contribution is -0.677. The van der Waals surface area contributed by atoms with Crippen LogP contribution in [0.5, 0.6) is 0 Å². The molecular formula is C21H29N2O3+. The average molecular weight is 357 g/mol. The molecule has 0 amide bonds. The van der Waals surface area contributed by atoms with E-state index in [0.29, 0.717) is 12.1 Å². The summed E-state index contributed by atoms with van der Waals surface area (Å²) in [4.78, 5) is 13.0. The number of imidazole rings is 1. The molecule has 1 aliphatic rings. The van der Waals surface area contributed by atoms with Gasteiger partial charge in [0.25, 0.3) is 5.82 Å². The third kappa shape index (κ3) is 3.68. The highest BCUT2D eigenvalue weighted by molar-refractivity contribution is 5.81. The van der Waals surface area contributed by atoms with Crippen LogP contribution < -0.4 is 4.57 Å². The first-order valence-corrected chi connectivity index (χ1v) is 9.50. The number of esters is 1. The molecular weight excluding hydrogens is 328 g/mol. The van der Waals surface area contributed by atoms with Crippen molar-refractivity contribution in [1.82, 2.24) is 4.57 Å². The number of aromatic nitrogens is 2. The van der Waals surface area contributed by atoms with E-state index < -0.39 is 11.6 Å². The number of hydrogen-bond acceptors (Lipinski definition) is 3. The SMILES string of the molecule is Cc1n(CCOC(=O)C(O)(c2ccccc2)C2CCCCC2)cc[n+]1C. The van der Waals surface area contributed by atoms with Gasteiger partial charge in [-0.2, -0.15) is 0 Å². The highest BCUT2D eigenvalue weighted by Gasteiger charge is 2.47. The summed E-state index contributed by atoms with van der Waals surface area (Å²) in [7, 11) is 1.98. The van der Waals surface area contributed by atoms with Crippen LogP contribution in [0.3, 0.4) is 0 Å². The minimum atomic E-state index is -1.56. The van der Waals surface area contributed by atoms with E-state index in [1.807, 2.05) is 65.8 Å². The molecule has 1 N–H and O–H groups in total. The smallest absolute Gasteiger partial charge is 0.343 e. The molecule has 1 aliphatic carbocycles. The van der Waals surface area contributed by atoms with Crippen molar-refractivity contribution in [2.24, 2.45) is 13.0 Å². The zero-order valence-corrected chi connectivity index (χ0v) is 15.7. The van der Waals surface area contributed by atoms with Gasteiger partial charge in [-0.3, -0.25) is 0 Å². The van der Waals surface area contributed by atoms with Crippen molar-refractivity contribution in [2.45, 2.75) is 51.2 Å². The first kappa shape index (κ1) is 18.6. The second kappa shape index (κ2) is 8.04. The molecule has 5 nitrogen and oxygen atoms in total. The molecule has 1 saturated carbocycles. The maximum Gasteiger partial charge on any atom is 0.343 e. The van der Waals surface area contributed by atoms with Gasteiger partial charge < -0.3 is 9.84 Å². The van der Waals surface area contributed by atoms with Crippen molar-refractivity contribution in [3.05, 3.63) is 54.1 Å². The van der Waals surface area contributed by atoms with Crippen LogP contribution in [-0.2, 0) is 28.7 Å². The van der Waals surface area contributed by atoms with E-state index in [0.717, 1.165) is 31.5 Å². The fraction of sp³-hybridized carbons (Fsp3) is 0.524. The van der Waals surface area contributed by atoms with Crippen molar-refractivity contribution in [3.8, 4) is 0 Å². The zero-order valence-electron chi connectivity index (χ0n) is 15.7. The van der Waals surface area contributed by atoms with Crippen LogP contribution in [0.1, 0.15) is 43.5 Å². The summed E-state index contributed by atoms with van der Waals surface area (Å²) in [6, 6.07) is 9.27. The number of hydrogen-bond donors (Lipinski definition) is 1. The monoisotopic (exact) mass is 357 g/mol. The summed E-state index contributed by atoms with van der Waals surface area (Å²) in [5.41, 5.74) is -0.918. The highest BCUT2D eigenvalue weighted by Crippen LogP contribution is 2.40. The third-order valence-corrected chi connectivity index (χ3v) is 5.68. The van der Waals surface area contributed by atoms with Crippen LogP contribution in [-0.4, -0.2) is 22.2 Å². The Kier molecular flexibility index (Phi) is 5.77. The molecule has 0 radical (unpaired) electrons. The Morgan fingerprint density at radius 2 is 1.96 bits per heavy atom. The Balaban J connectivity index is 1.73. The van der Waals surface area contributed by atoms with Crippen LogP contribution in [0.4, 0.5) is 0 Å². The number of aliphatic hydroxyl groups is 1. The number of ether oxygens (including phenoxy) is 1. The summed E-state index contributed by atoms with van der Waals surface area (Å²) in [5.74, 6) is 0.480. The number of nitrogens with zero attached hydrogens (tertiary/aromatic N) is 2. The fourth-order valence-corrected chi connectivity index (χ4v) is 3.91. The van der Waals surface area contributed by atoms with Crippen LogP contribution in [0.25, 0.3) is 0 Å². The highest BCUT2D eigenvalue weighted by atomic mass is 16.5. The van der Waals surface area contributed by atoms with Crippen LogP contribution in [0, 0.1) is 12.8 Å². The van der Waals surface area contributed by atoms with E-state index in [1.165, 1.54) is 6.42 Å². The number of rotatable bonds is 6. The molecule has 1 aromatic carbocycles. The van der Waals surface area contributed by atoms with Crippen molar-refractivity contribution in [2.75, 3.05) is 6.61 Å². The summed E-state index contributed by atoms with van der Waals surface area (Å²) in [6.07, 6.45) is 8.91. The van der Waals surface area contributed by atoms with Crippen LogP contribution in [0.15, 0.2) is 42.7 Å². The molecule has 1 fully saturated rings. The Labute approximate surface area is 155 Å². The molecule has 1 unspecified atom stereocenters. The second-order valence-electron chi connectivity index (χ2n) is 7.25. The van der Waals surface area contributed by atoms with Crippen molar-refractivity contribution in [1.29, 1.82) is 0 Å².